The summed E-state index contributed by atoms with van der Waals surface area (Å²) in [6.07, 6.45) is 6.97. The number of unbranched alkanes of at least 4 members (excludes halogenated alkanes) is 5. The first-order valence-corrected chi connectivity index (χ1v) is 7.38. The molecule has 0 fully saturated rings. The van der Waals surface area contributed by atoms with Crippen LogP contribution in [0.5, 0.6) is 0 Å². The average Bonchev–Trinajstić information content (AvgIpc) is 2.41. The van der Waals surface area contributed by atoms with Gasteiger partial charge in [-0.2, -0.15) is 0 Å². The molecule has 2 N–H and O–H groups in total. The molecule has 0 amide bonds. The Morgan fingerprint density at radius 1 is 1.16 bits per heavy atom. The Morgan fingerprint density at radius 3 is 2.63 bits per heavy atom. The van der Waals surface area contributed by atoms with Gasteiger partial charge in [0.1, 0.15) is 5.82 Å². The van der Waals surface area contributed by atoms with Crippen molar-refractivity contribution in [3.05, 3.63) is 35.6 Å². The van der Waals surface area contributed by atoms with Crippen molar-refractivity contribution < 1.29 is 9.50 Å². The zero-order valence-electron chi connectivity index (χ0n) is 11.9. The first kappa shape index (κ1) is 16.1. The minimum Gasteiger partial charge on any atom is -0.387 e. The molecule has 1 aromatic rings. The molecule has 0 aliphatic heterocycles. The van der Waals surface area contributed by atoms with Gasteiger partial charge in [0.05, 0.1) is 6.10 Å². The van der Waals surface area contributed by atoms with Crippen molar-refractivity contribution in [2.75, 3.05) is 13.1 Å². The summed E-state index contributed by atoms with van der Waals surface area (Å²) in [7, 11) is 0. The van der Waals surface area contributed by atoms with Gasteiger partial charge in [0.15, 0.2) is 0 Å². The van der Waals surface area contributed by atoms with E-state index in [2.05, 4.69) is 12.2 Å². The molecule has 1 unspecified atom stereocenters. The second-order valence-corrected chi connectivity index (χ2v) is 5.04. The van der Waals surface area contributed by atoms with Crippen LogP contribution >= 0.6 is 0 Å². The third-order valence-corrected chi connectivity index (χ3v) is 3.28. The van der Waals surface area contributed by atoms with Gasteiger partial charge in [-0.05, 0) is 30.7 Å². The van der Waals surface area contributed by atoms with E-state index in [9.17, 15) is 9.50 Å². The summed E-state index contributed by atoms with van der Waals surface area (Å²) in [5.41, 5.74) is 0.635. The van der Waals surface area contributed by atoms with Crippen LogP contribution in [-0.2, 0) is 0 Å². The number of halogens is 1. The van der Waals surface area contributed by atoms with Crippen molar-refractivity contribution in [3.63, 3.8) is 0 Å². The van der Waals surface area contributed by atoms with E-state index in [4.69, 9.17) is 0 Å². The third-order valence-electron chi connectivity index (χ3n) is 3.28. The van der Waals surface area contributed by atoms with Crippen molar-refractivity contribution in [2.24, 2.45) is 0 Å². The van der Waals surface area contributed by atoms with Crippen LogP contribution in [0.4, 0.5) is 4.39 Å². The van der Waals surface area contributed by atoms with Crippen LogP contribution in [0.15, 0.2) is 24.3 Å². The summed E-state index contributed by atoms with van der Waals surface area (Å²) in [4.78, 5) is 0. The Morgan fingerprint density at radius 2 is 1.89 bits per heavy atom. The monoisotopic (exact) mass is 267 g/mol. The maximum Gasteiger partial charge on any atom is 0.123 e. The highest BCUT2D eigenvalue weighted by Gasteiger charge is 2.07. The lowest BCUT2D eigenvalue weighted by molar-refractivity contribution is 0.174. The summed E-state index contributed by atoms with van der Waals surface area (Å²) < 4.78 is 13.0. The zero-order valence-corrected chi connectivity index (χ0v) is 11.9. The van der Waals surface area contributed by atoms with Crippen LogP contribution in [0, 0.1) is 5.82 Å². The van der Waals surface area contributed by atoms with Gasteiger partial charge in [0.25, 0.3) is 0 Å². The lowest BCUT2D eigenvalue weighted by Gasteiger charge is -2.12. The average molecular weight is 267 g/mol. The van der Waals surface area contributed by atoms with Gasteiger partial charge in [0, 0.05) is 6.54 Å². The number of rotatable bonds is 10. The molecule has 0 heterocycles. The molecule has 0 aliphatic rings. The lowest BCUT2D eigenvalue weighted by atomic mass is 10.1. The van der Waals surface area contributed by atoms with Crippen LogP contribution in [0.1, 0.15) is 57.1 Å². The van der Waals surface area contributed by atoms with E-state index in [0.717, 1.165) is 13.0 Å². The Kier molecular flexibility index (Phi) is 8.43. The molecule has 0 spiro atoms. The first-order chi connectivity index (χ1) is 9.24. The van der Waals surface area contributed by atoms with Gasteiger partial charge < -0.3 is 10.4 Å². The summed E-state index contributed by atoms with van der Waals surface area (Å²) in [5.74, 6) is -0.299. The molecule has 1 aromatic carbocycles. The fraction of sp³-hybridized carbons (Fsp3) is 0.625. The standard InChI is InChI=1S/C16H26FNO/c1-2-3-4-5-6-7-11-18-13-16(19)14-9-8-10-15(17)12-14/h8-10,12,16,18-19H,2-7,11,13H2,1H3. The van der Waals surface area contributed by atoms with Crippen LogP contribution in [0.2, 0.25) is 0 Å². The van der Waals surface area contributed by atoms with Gasteiger partial charge in [-0.1, -0.05) is 51.2 Å². The molecule has 0 bridgehead atoms. The Bertz CT molecular complexity index is 343. The summed E-state index contributed by atoms with van der Waals surface area (Å²) in [6, 6.07) is 6.15. The molecule has 0 radical (unpaired) electrons. The van der Waals surface area contributed by atoms with Gasteiger partial charge >= 0.3 is 0 Å². The molecular formula is C16H26FNO. The normalized spacial score (nSPS) is 12.6. The van der Waals surface area contributed by atoms with E-state index in [0.29, 0.717) is 12.1 Å². The topological polar surface area (TPSA) is 32.3 Å². The Labute approximate surface area is 116 Å². The number of hydrogen-bond donors (Lipinski definition) is 2. The predicted octanol–water partition coefficient (Wildman–Crippen LogP) is 3.81. The van der Waals surface area contributed by atoms with E-state index in [-0.39, 0.29) is 5.82 Å². The molecule has 0 aliphatic carbocycles. The molecule has 0 aromatic heterocycles. The quantitative estimate of drug-likeness (QED) is 0.632. The molecule has 3 heteroatoms. The van der Waals surface area contributed by atoms with Crippen molar-refractivity contribution in [1.82, 2.24) is 5.32 Å². The van der Waals surface area contributed by atoms with Gasteiger partial charge in [-0.3, -0.25) is 0 Å². The second-order valence-electron chi connectivity index (χ2n) is 5.04. The smallest absolute Gasteiger partial charge is 0.123 e. The maximum absolute atomic E-state index is 13.0. The van der Waals surface area contributed by atoms with E-state index in [1.54, 1.807) is 12.1 Å². The maximum atomic E-state index is 13.0. The lowest BCUT2D eigenvalue weighted by Crippen LogP contribution is -2.22. The molecule has 0 saturated carbocycles. The van der Waals surface area contributed by atoms with Crippen molar-refractivity contribution >= 4 is 0 Å². The summed E-state index contributed by atoms with van der Waals surface area (Å²) in [5, 5.41) is 13.1. The number of aliphatic hydroxyl groups excluding tert-OH is 1. The van der Waals surface area contributed by atoms with Gasteiger partial charge in [-0.15, -0.1) is 0 Å². The van der Waals surface area contributed by atoms with Crippen LogP contribution in [0.3, 0.4) is 0 Å². The Hall–Kier alpha value is -0.930. The predicted molar refractivity (Wildman–Crippen MR) is 77.6 cm³/mol. The summed E-state index contributed by atoms with van der Waals surface area (Å²) in [6.45, 7) is 3.62. The highest BCUT2D eigenvalue weighted by Crippen LogP contribution is 2.13. The van der Waals surface area contributed by atoms with E-state index in [1.807, 2.05) is 0 Å². The fourth-order valence-electron chi connectivity index (χ4n) is 2.10. The minimum atomic E-state index is -0.629. The SMILES string of the molecule is CCCCCCCCNCC(O)c1cccc(F)c1. The molecule has 19 heavy (non-hydrogen) atoms. The largest absolute Gasteiger partial charge is 0.387 e. The second kappa shape index (κ2) is 9.93. The fourth-order valence-corrected chi connectivity index (χ4v) is 2.10. The number of aliphatic hydroxyl groups is 1. The Balaban J connectivity index is 2.06. The first-order valence-electron chi connectivity index (χ1n) is 7.38. The molecule has 1 rings (SSSR count). The number of hydrogen-bond acceptors (Lipinski definition) is 2. The van der Waals surface area contributed by atoms with Crippen molar-refractivity contribution in [2.45, 2.75) is 51.6 Å². The molecule has 1 atom stereocenters. The molecule has 108 valence electrons. The highest BCUT2D eigenvalue weighted by atomic mass is 19.1. The van der Waals surface area contributed by atoms with E-state index in [1.165, 1.54) is 44.2 Å². The molecular weight excluding hydrogens is 241 g/mol. The van der Waals surface area contributed by atoms with Gasteiger partial charge in [0.2, 0.25) is 0 Å². The molecule has 2 nitrogen and oxygen atoms in total. The zero-order chi connectivity index (χ0) is 13.9. The van der Waals surface area contributed by atoms with Gasteiger partial charge in [-0.25, -0.2) is 4.39 Å². The van der Waals surface area contributed by atoms with Crippen molar-refractivity contribution in [1.29, 1.82) is 0 Å². The van der Waals surface area contributed by atoms with E-state index < -0.39 is 6.10 Å². The minimum absolute atomic E-state index is 0.299. The van der Waals surface area contributed by atoms with Crippen LogP contribution < -0.4 is 5.32 Å². The number of benzene rings is 1. The van der Waals surface area contributed by atoms with Crippen LogP contribution in [-0.4, -0.2) is 18.2 Å². The van der Waals surface area contributed by atoms with E-state index >= 15 is 0 Å². The van der Waals surface area contributed by atoms with Crippen LogP contribution in [0.25, 0.3) is 0 Å². The summed E-state index contributed by atoms with van der Waals surface area (Å²) >= 11 is 0. The van der Waals surface area contributed by atoms with Crippen molar-refractivity contribution in [3.8, 4) is 0 Å². The molecule has 0 saturated heterocycles. The number of nitrogens with one attached hydrogen (secondary N) is 1. The third kappa shape index (κ3) is 7.28. The highest BCUT2D eigenvalue weighted by molar-refractivity contribution is 5.18.